The van der Waals surface area contributed by atoms with E-state index >= 15 is 4.39 Å². The molecule has 0 saturated carbocycles. The average Bonchev–Trinajstić information content (AvgIpc) is 3.10. The van der Waals surface area contributed by atoms with Crippen LogP contribution in [-0.4, -0.2) is 24.0 Å². The normalized spacial score (nSPS) is 13.3. The Labute approximate surface area is 171 Å². The molecule has 148 valence electrons. The van der Waals surface area contributed by atoms with Crippen LogP contribution in [0, 0.1) is 5.82 Å². The van der Waals surface area contributed by atoms with Crippen molar-refractivity contribution in [1.82, 2.24) is 15.6 Å². The third kappa shape index (κ3) is 4.60. The van der Waals surface area contributed by atoms with Gasteiger partial charge in [0.2, 0.25) is 6.41 Å². The van der Waals surface area contributed by atoms with E-state index in [-0.39, 0.29) is 22.9 Å². The van der Waals surface area contributed by atoms with Crippen molar-refractivity contribution in [2.24, 2.45) is 0 Å². The maximum absolute atomic E-state index is 15.3. The second-order valence-corrected chi connectivity index (χ2v) is 7.78. The van der Waals surface area contributed by atoms with Crippen LogP contribution in [0.3, 0.4) is 0 Å². The zero-order chi connectivity index (χ0) is 20.1. The van der Waals surface area contributed by atoms with Gasteiger partial charge in [-0.15, -0.1) is 0 Å². The quantitative estimate of drug-likeness (QED) is 0.474. The molecule has 2 N–H and O–H groups in total. The summed E-state index contributed by atoms with van der Waals surface area (Å²) in [5.74, 6) is -0.543. The van der Waals surface area contributed by atoms with E-state index in [9.17, 15) is 4.79 Å². The minimum atomic E-state index is -0.512. The Hall–Kier alpha value is -2.22. The van der Waals surface area contributed by atoms with Gasteiger partial charge >= 0.3 is 0 Å². The van der Waals surface area contributed by atoms with Gasteiger partial charge in [0.15, 0.2) is 11.6 Å². The fraction of sp³-hybridized carbons (Fsp3) is 0.300. The number of amides is 1. The first-order valence-electron chi connectivity index (χ1n) is 8.97. The van der Waals surface area contributed by atoms with Gasteiger partial charge in [0.05, 0.1) is 15.2 Å². The van der Waals surface area contributed by atoms with Gasteiger partial charge in [0.1, 0.15) is 0 Å². The maximum atomic E-state index is 15.3. The minimum Gasteiger partial charge on any atom is -0.426 e. The molecule has 1 heterocycles. The lowest BCUT2D eigenvalue weighted by atomic mass is 10.0. The van der Waals surface area contributed by atoms with Gasteiger partial charge in [0.25, 0.3) is 5.19 Å². The van der Waals surface area contributed by atoms with Crippen molar-refractivity contribution < 1.29 is 13.9 Å². The number of carbonyl (C=O) groups excluding carboxylic acids is 1. The standard InChI is InChI=1S/C20H21ClFN3O2S/c1-3-15(24-12(2)10-23-11-26)13-8-9-14(21)19(18(13)22)27-20-25-16-6-4-5-7-17(16)28-20/h4-9,11-12,15,24H,3,10H2,1-2H3,(H,23,26)/t12-,15-/m1/s1. The highest BCUT2D eigenvalue weighted by molar-refractivity contribution is 7.20. The van der Waals surface area contributed by atoms with Gasteiger partial charge < -0.3 is 15.4 Å². The number of fused-ring (bicyclic) bond motifs is 1. The summed E-state index contributed by atoms with van der Waals surface area (Å²) in [6.45, 7) is 4.33. The topological polar surface area (TPSA) is 63.2 Å². The summed E-state index contributed by atoms with van der Waals surface area (Å²) in [7, 11) is 0. The Morgan fingerprint density at radius 2 is 2.11 bits per heavy atom. The molecule has 0 saturated heterocycles. The fourth-order valence-electron chi connectivity index (χ4n) is 2.95. The zero-order valence-electron chi connectivity index (χ0n) is 15.5. The molecule has 3 rings (SSSR count). The summed E-state index contributed by atoms with van der Waals surface area (Å²) < 4.78 is 22.0. The van der Waals surface area contributed by atoms with Crippen LogP contribution >= 0.6 is 22.9 Å². The number of thiazole rings is 1. The van der Waals surface area contributed by atoms with Gasteiger partial charge in [-0.1, -0.05) is 48.1 Å². The maximum Gasteiger partial charge on any atom is 0.279 e. The highest BCUT2D eigenvalue weighted by Crippen LogP contribution is 2.38. The van der Waals surface area contributed by atoms with E-state index in [1.807, 2.05) is 38.1 Å². The first-order chi connectivity index (χ1) is 13.5. The number of hydrogen-bond donors (Lipinski definition) is 2. The Morgan fingerprint density at radius 1 is 1.32 bits per heavy atom. The molecule has 5 nitrogen and oxygen atoms in total. The van der Waals surface area contributed by atoms with Gasteiger partial charge in [0, 0.05) is 24.2 Å². The fourth-order valence-corrected chi connectivity index (χ4v) is 3.95. The zero-order valence-corrected chi connectivity index (χ0v) is 17.1. The molecule has 28 heavy (non-hydrogen) atoms. The lowest BCUT2D eigenvalue weighted by molar-refractivity contribution is -0.109. The molecule has 0 aliphatic heterocycles. The second-order valence-electron chi connectivity index (χ2n) is 6.38. The van der Waals surface area contributed by atoms with Crippen LogP contribution in [0.15, 0.2) is 36.4 Å². The van der Waals surface area contributed by atoms with Crippen molar-refractivity contribution in [3.8, 4) is 10.9 Å². The molecule has 0 aliphatic rings. The van der Waals surface area contributed by atoms with E-state index in [4.69, 9.17) is 16.3 Å². The summed E-state index contributed by atoms with van der Waals surface area (Å²) in [5, 5.41) is 6.46. The largest absolute Gasteiger partial charge is 0.426 e. The first kappa shape index (κ1) is 20.5. The molecule has 3 aromatic rings. The first-order valence-corrected chi connectivity index (χ1v) is 10.2. The van der Waals surface area contributed by atoms with Crippen LogP contribution in [0.4, 0.5) is 4.39 Å². The van der Waals surface area contributed by atoms with Crippen molar-refractivity contribution >= 4 is 39.6 Å². The molecule has 2 atom stereocenters. The Morgan fingerprint density at radius 3 is 2.82 bits per heavy atom. The van der Waals surface area contributed by atoms with Gasteiger partial charge in [-0.2, -0.15) is 0 Å². The summed E-state index contributed by atoms with van der Waals surface area (Å²) in [6.07, 6.45) is 1.30. The molecule has 0 fully saturated rings. The van der Waals surface area contributed by atoms with E-state index in [0.717, 1.165) is 10.2 Å². The predicted octanol–water partition coefficient (Wildman–Crippen LogP) is 5.06. The number of aromatic nitrogens is 1. The number of hydrogen-bond acceptors (Lipinski definition) is 5. The number of para-hydroxylation sites is 1. The number of benzene rings is 2. The van der Waals surface area contributed by atoms with Crippen LogP contribution in [0.5, 0.6) is 10.9 Å². The molecule has 0 spiro atoms. The van der Waals surface area contributed by atoms with Crippen molar-refractivity contribution in [2.75, 3.05) is 6.54 Å². The van der Waals surface area contributed by atoms with Crippen LogP contribution in [0.2, 0.25) is 5.02 Å². The summed E-state index contributed by atoms with van der Waals surface area (Å²) >= 11 is 7.55. The Kier molecular flexibility index (Phi) is 6.83. The van der Waals surface area contributed by atoms with Crippen LogP contribution in [0.1, 0.15) is 31.9 Å². The van der Waals surface area contributed by atoms with E-state index < -0.39 is 5.82 Å². The Balaban J connectivity index is 1.86. The SMILES string of the molecule is CC[C@@H](N[C@H](C)CNC=O)c1ccc(Cl)c(Oc2nc3ccccc3s2)c1F. The van der Waals surface area contributed by atoms with Crippen molar-refractivity contribution in [3.63, 3.8) is 0 Å². The summed E-state index contributed by atoms with van der Waals surface area (Å²) in [5.41, 5.74) is 1.25. The van der Waals surface area contributed by atoms with Crippen LogP contribution < -0.4 is 15.4 Å². The van der Waals surface area contributed by atoms with Crippen LogP contribution in [0.25, 0.3) is 10.2 Å². The highest BCUT2D eigenvalue weighted by atomic mass is 35.5. The molecule has 1 amide bonds. The van der Waals surface area contributed by atoms with E-state index in [2.05, 4.69) is 15.6 Å². The van der Waals surface area contributed by atoms with Crippen molar-refractivity contribution in [3.05, 3.63) is 52.8 Å². The number of halogens is 2. The van der Waals surface area contributed by atoms with Crippen molar-refractivity contribution in [2.45, 2.75) is 32.4 Å². The average molecular weight is 422 g/mol. The van der Waals surface area contributed by atoms with Gasteiger partial charge in [-0.3, -0.25) is 4.79 Å². The number of nitrogens with one attached hydrogen (secondary N) is 2. The smallest absolute Gasteiger partial charge is 0.279 e. The third-order valence-corrected chi connectivity index (χ3v) is 5.53. The Bertz CT molecular complexity index is 933. The molecule has 2 aromatic carbocycles. The third-order valence-electron chi connectivity index (χ3n) is 4.32. The molecule has 0 aliphatic carbocycles. The minimum absolute atomic E-state index is 0.0288. The molecule has 0 radical (unpaired) electrons. The van der Waals surface area contributed by atoms with Crippen LogP contribution in [-0.2, 0) is 4.79 Å². The summed E-state index contributed by atoms with van der Waals surface area (Å²) in [4.78, 5) is 14.9. The van der Waals surface area contributed by atoms with E-state index in [1.165, 1.54) is 11.3 Å². The lowest BCUT2D eigenvalue weighted by Gasteiger charge is -2.23. The monoisotopic (exact) mass is 421 g/mol. The van der Waals surface area contributed by atoms with Gasteiger partial charge in [-0.05, 0) is 31.5 Å². The van der Waals surface area contributed by atoms with E-state index in [1.54, 1.807) is 12.1 Å². The number of carbonyl (C=O) groups is 1. The molecule has 0 unspecified atom stereocenters. The predicted molar refractivity (Wildman–Crippen MR) is 111 cm³/mol. The number of ether oxygens (including phenoxy) is 1. The highest BCUT2D eigenvalue weighted by Gasteiger charge is 2.22. The summed E-state index contributed by atoms with van der Waals surface area (Å²) in [6, 6.07) is 10.6. The molecular formula is C20H21ClFN3O2S. The van der Waals surface area contributed by atoms with Crippen molar-refractivity contribution in [1.29, 1.82) is 0 Å². The number of nitrogens with zero attached hydrogens (tertiary/aromatic N) is 1. The lowest BCUT2D eigenvalue weighted by Crippen LogP contribution is -2.38. The molecule has 0 bridgehead atoms. The molecular weight excluding hydrogens is 401 g/mol. The van der Waals surface area contributed by atoms with E-state index in [0.29, 0.717) is 30.1 Å². The molecule has 1 aromatic heterocycles. The van der Waals surface area contributed by atoms with Gasteiger partial charge in [-0.25, -0.2) is 9.37 Å². The second kappa shape index (κ2) is 9.32. The molecule has 8 heteroatoms. The number of rotatable bonds is 9.